The third-order valence-electron chi connectivity index (χ3n) is 2.98. The maximum absolute atomic E-state index is 11.9. The van der Waals surface area contributed by atoms with Crippen LogP contribution in [0.4, 0.5) is 0 Å². The maximum Gasteiger partial charge on any atom is 0.294 e. The van der Waals surface area contributed by atoms with Gasteiger partial charge in [-0.2, -0.15) is 0 Å². The standard InChI is InChI=1S/C13H15NO3/c15-11-6-8-14(9-7-11)13(17)12(16)10-4-2-1-3-5-10/h1-5,11,15H,6-9H2. The number of piperidine rings is 1. The Morgan fingerprint density at radius 2 is 1.71 bits per heavy atom. The number of amides is 1. The van der Waals surface area contributed by atoms with Gasteiger partial charge in [0.15, 0.2) is 0 Å². The van der Waals surface area contributed by atoms with Crippen LogP contribution in [0.3, 0.4) is 0 Å². The van der Waals surface area contributed by atoms with Gasteiger partial charge in [-0.05, 0) is 12.8 Å². The highest BCUT2D eigenvalue weighted by Gasteiger charge is 2.26. The van der Waals surface area contributed by atoms with Crippen molar-refractivity contribution in [3.63, 3.8) is 0 Å². The van der Waals surface area contributed by atoms with Crippen LogP contribution < -0.4 is 0 Å². The van der Waals surface area contributed by atoms with E-state index in [1.165, 1.54) is 4.90 Å². The average molecular weight is 233 g/mol. The maximum atomic E-state index is 11.9. The van der Waals surface area contributed by atoms with Gasteiger partial charge in [-0.25, -0.2) is 0 Å². The first-order chi connectivity index (χ1) is 8.18. The molecule has 0 atom stereocenters. The van der Waals surface area contributed by atoms with Gasteiger partial charge in [0.05, 0.1) is 6.10 Å². The van der Waals surface area contributed by atoms with Crippen molar-refractivity contribution in [1.29, 1.82) is 0 Å². The van der Waals surface area contributed by atoms with Crippen LogP contribution >= 0.6 is 0 Å². The molecule has 4 heteroatoms. The van der Waals surface area contributed by atoms with E-state index in [-0.39, 0.29) is 6.10 Å². The molecular weight excluding hydrogens is 218 g/mol. The van der Waals surface area contributed by atoms with Crippen LogP contribution in [0.5, 0.6) is 0 Å². The number of carbonyl (C=O) groups excluding carboxylic acids is 2. The number of aliphatic hydroxyl groups is 1. The molecule has 1 aliphatic heterocycles. The van der Waals surface area contributed by atoms with Crippen molar-refractivity contribution in [3.05, 3.63) is 35.9 Å². The predicted molar refractivity (Wildman–Crippen MR) is 62.6 cm³/mol. The number of Topliss-reactive ketones (excluding diaryl/α,β-unsaturated/α-hetero) is 1. The van der Waals surface area contributed by atoms with E-state index in [2.05, 4.69) is 0 Å². The lowest BCUT2D eigenvalue weighted by Crippen LogP contribution is -2.43. The number of aliphatic hydroxyl groups excluding tert-OH is 1. The normalized spacial score (nSPS) is 16.9. The number of likely N-dealkylation sites (tertiary alicyclic amines) is 1. The number of hydrogen-bond donors (Lipinski definition) is 1. The molecule has 0 aromatic heterocycles. The summed E-state index contributed by atoms with van der Waals surface area (Å²) in [5, 5.41) is 9.34. The number of carbonyl (C=O) groups is 2. The Morgan fingerprint density at radius 3 is 2.29 bits per heavy atom. The zero-order valence-electron chi connectivity index (χ0n) is 9.50. The van der Waals surface area contributed by atoms with Crippen molar-refractivity contribution in [2.24, 2.45) is 0 Å². The van der Waals surface area contributed by atoms with Crippen molar-refractivity contribution < 1.29 is 14.7 Å². The summed E-state index contributed by atoms with van der Waals surface area (Å²) in [6, 6.07) is 8.55. The summed E-state index contributed by atoms with van der Waals surface area (Å²) in [5.74, 6) is -0.940. The highest BCUT2D eigenvalue weighted by Crippen LogP contribution is 2.12. The van der Waals surface area contributed by atoms with E-state index in [0.29, 0.717) is 31.5 Å². The van der Waals surface area contributed by atoms with Crippen molar-refractivity contribution in [2.45, 2.75) is 18.9 Å². The molecule has 4 nitrogen and oxygen atoms in total. The second-order valence-electron chi connectivity index (χ2n) is 4.22. The number of ketones is 1. The van der Waals surface area contributed by atoms with E-state index in [1.54, 1.807) is 30.3 Å². The Hall–Kier alpha value is -1.68. The third-order valence-corrected chi connectivity index (χ3v) is 2.98. The molecule has 17 heavy (non-hydrogen) atoms. The van der Waals surface area contributed by atoms with Gasteiger partial charge in [-0.3, -0.25) is 9.59 Å². The molecule has 1 aromatic carbocycles. The molecule has 0 saturated carbocycles. The lowest BCUT2D eigenvalue weighted by molar-refractivity contribution is -0.128. The second kappa shape index (κ2) is 5.10. The first-order valence-electron chi connectivity index (χ1n) is 5.75. The summed E-state index contributed by atoms with van der Waals surface area (Å²) in [6.07, 6.45) is 0.757. The minimum atomic E-state index is -0.470. The highest BCUT2D eigenvalue weighted by molar-refractivity contribution is 6.42. The van der Waals surface area contributed by atoms with E-state index in [0.717, 1.165) is 0 Å². The zero-order valence-corrected chi connectivity index (χ0v) is 9.50. The second-order valence-corrected chi connectivity index (χ2v) is 4.22. The van der Waals surface area contributed by atoms with Crippen LogP contribution in [-0.2, 0) is 4.79 Å². The van der Waals surface area contributed by atoms with E-state index < -0.39 is 11.7 Å². The largest absolute Gasteiger partial charge is 0.393 e. The third kappa shape index (κ3) is 2.71. The Balaban J connectivity index is 2.03. The SMILES string of the molecule is O=C(C(=O)N1CCC(O)CC1)c1ccccc1. The molecule has 2 rings (SSSR count). The lowest BCUT2D eigenvalue weighted by Gasteiger charge is -2.28. The summed E-state index contributed by atoms with van der Waals surface area (Å²) in [4.78, 5) is 25.3. The first-order valence-corrected chi connectivity index (χ1v) is 5.75. The van der Waals surface area contributed by atoms with Gasteiger partial charge in [0.25, 0.3) is 5.91 Å². The van der Waals surface area contributed by atoms with E-state index in [1.807, 2.05) is 0 Å². The number of nitrogens with zero attached hydrogens (tertiary/aromatic N) is 1. The van der Waals surface area contributed by atoms with Gasteiger partial charge in [-0.1, -0.05) is 30.3 Å². The average Bonchev–Trinajstić information content (AvgIpc) is 2.39. The molecule has 1 fully saturated rings. The molecule has 0 unspecified atom stereocenters. The summed E-state index contributed by atoms with van der Waals surface area (Å²) < 4.78 is 0. The fourth-order valence-electron chi connectivity index (χ4n) is 1.93. The van der Waals surface area contributed by atoms with Crippen molar-refractivity contribution in [2.75, 3.05) is 13.1 Å². The Kier molecular flexibility index (Phi) is 3.54. The summed E-state index contributed by atoms with van der Waals surface area (Å²) in [6.45, 7) is 0.914. The van der Waals surface area contributed by atoms with Crippen LogP contribution in [0.1, 0.15) is 23.2 Å². The van der Waals surface area contributed by atoms with E-state index in [9.17, 15) is 14.7 Å². The van der Waals surface area contributed by atoms with Crippen LogP contribution in [0.2, 0.25) is 0 Å². The molecule has 1 aliphatic rings. The highest BCUT2D eigenvalue weighted by atomic mass is 16.3. The predicted octanol–water partition coefficient (Wildman–Crippen LogP) is 0.853. The molecule has 0 aliphatic carbocycles. The van der Waals surface area contributed by atoms with Crippen molar-refractivity contribution in [3.8, 4) is 0 Å². The molecule has 0 spiro atoms. The Bertz CT molecular complexity index is 408. The lowest BCUT2D eigenvalue weighted by atomic mass is 10.1. The Morgan fingerprint density at radius 1 is 1.12 bits per heavy atom. The summed E-state index contributed by atoms with van der Waals surface area (Å²) in [5.41, 5.74) is 0.420. The molecule has 1 heterocycles. The number of hydrogen-bond acceptors (Lipinski definition) is 3. The first kappa shape index (κ1) is 11.8. The molecule has 1 saturated heterocycles. The van der Waals surface area contributed by atoms with Gasteiger partial charge in [0.2, 0.25) is 5.78 Å². The topological polar surface area (TPSA) is 57.6 Å². The molecule has 1 amide bonds. The molecule has 1 aromatic rings. The van der Waals surface area contributed by atoms with Gasteiger partial charge in [0, 0.05) is 18.7 Å². The van der Waals surface area contributed by atoms with Crippen LogP contribution in [-0.4, -0.2) is 40.9 Å². The fourth-order valence-corrected chi connectivity index (χ4v) is 1.93. The van der Waals surface area contributed by atoms with Gasteiger partial charge in [-0.15, -0.1) is 0 Å². The van der Waals surface area contributed by atoms with Crippen molar-refractivity contribution >= 4 is 11.7 Å². The fraction of sp³-hybridized carbons (Fsp3) is 0.385. The summed E-state index contributed by atoms with van der Waals surface area (Å²) in [7, 11) is 0. The minimum Gasteiger partial charge on any atom is -0.393 e. The summed E-state index contributed by atoms with van der Waals surface area (Å²) >= 11 is 0. The van der Waals surface area contributed by atoms with E-state index >= 15 is 0 Å². The molecule has 1 N–H and O–H groups in total. The van der Waals surface area contributed by atoms with Gasteiger partial charge >= 0.3 is 0 Å². The molecule has 0 radical (unpaired) electrons. The van der Waals surface area contributed by atoms with Crippen LogP contribution in [0.25, 0.3) is 0 Å². The number of rotatable bonds is 2. The quantitative estimate of drug-likeness (QED) is 0.608. The van der Waals surface area contributed by atoms with Gasteiger partial charge < -0.3 is 10.0 Å². The molecule has 90 valence electrons. The van der Waals surface area contributed by atoms with Crippen LogP contribution in [0, 0.1) is 0 Å². The zero-order chi connectivity index (χ0) is 12.3. The van der Waals surface area contributed by atoms with Crippen molar-refractivity contribution in [1.82, 2.24) is 4.90 Å². The molecular formula is C13H15NO3. The number of benzene rings is 1. The Labute approximate surface area is 99.9 Å². The molecule has 0 bridgehead atoms. The monoisotopic (exact) mass is 233 g/mol. The minimum absolute atomic E-state index is 0.342. The van der Waals surface area contributed by atoms with Gasteiger partial charge in [0.1, 0.15) is 0 Å². The van der Waals surface area contributed by atoms with Crippen LogP contribution in [0.15, 0.2) is 30.3 Å². The smallest absolute Gasteiger partial charge is 0.294 e. The van der Waals surface area contributed by atoms with E-state index in [4.69, 9.17) is 0 Å².